The molecule has 1 aromatic rings. The molecule has 3 saturated heterocycles. The third-order valence-electron chi connectivity index (χ3n) is 7.48. The number of carbonyl (C=O) groups excluding carboxylic acids is 3. The van der Waals surface area contributed by atoms with Crippen molar-refractivity contribution < 1.29 is 36.0 Å². The lowest BCUT2D eigenvalue weighted by Crippen LogP contribution is -2.69. The number of sulfone groups is 1. The topological polar surface area (TPSA) is 125 Å². The lowest BCUT2D eigenvalue weighted by atomic mass is 9.71. The number of hydrogen-bond donors (Lipinski definition) is 3. The Kier molecular flexibility index (Phi) is 8.50. The van der Waals surface area contributed by atoms with Gasteiger partial charge >= 0.3 is 0 Å². The molecule has 2 bridgehead atoms. The van der Waals surface area contributed by atoms with Crippen LogP contribution in [0.15, 0.2) is 35.5 Å². The smallest absolute Gasteiger partial charge is 0.255 e. The Morgan fingerprint density at radius 3 is 2.64 bits per heavy atom. The fourth-order valence-electron chi connectivity index (χ4n) is 5.63. The molecule has 5 atom stereocenters. The van der Waals surface area contributed by atoms with Gasteiger partial charge in [0.05, 0.1) is 18.5 Å². The van der Waals surface area contributed by atoms with Crippen LogP contribution in [0.3, 0.4) is 0 Å². The van der Waals surface area contributed by atoms with Crippen LogP contribution in [0.5, 0.6) is 0 Å². The van der Waals surface area contributed by atoms with Crippen molar-refractivity contribution >= 4 is 44.8 Å². The Morgan fingerprint density at radius 2 is 2.03 bits per heavy atom. The molecule has 3 N–H and O–H groups in total. The van der Waals surface area contributed by atoms with Gasteiger partial charge in [0.25, 0.3) is 5.92 Å². The van der Waals surface area contributed by atoms with E-state index < -0.39 is 69.1 Å². The highest BCUT2D eigenvalue weighted by Crippen LogP contribution is 2.49. The first kappa shape index (κ1) is 29.2. The summed E-state index contributed by atoms with van der Waals surface area (Å²) < 4.78 is 67.7. The first-order valence-corrected chi connectivity index (χ1v) is 14.9. The fourth-order valence-corrected chi connectivity index (χ4v) is 6.23. The standard InChI is InChI=1S/C25H30ClF3N4O5S/c1-39(37,38)20(27)11-17(9-14-7-8-30-23(14)35)32-24(36)22-19-6-5-18(12-25(19,28)29)33(22)21(34)13-31-16-4-2-3-15(26)10-16/h2-4,10-11,14,17-19,22,31H,5-9,12-13H2,1H3,(H,30,35)(H,32,36)/b20-11-/t14-,17-,18-,19-,22+/m1/s1. The highest BCUT2D eigenvalue weighted by atomic mass is 35.5. The number of piperidine rings is 2. The van der Waals surface area contributed by atoms with Gasteiger partial charge in [-0.15, -0.1) is 0 Å². The summed E-state index contributed by atoms with van der Waals surface area (Å²) in [6, 6.07) is 2.84. The summed E-state index contributed by atoms with van der Waals surface area (Å²) in [7, 11) is -4.25. The number of amides is 3. The van der Waals surface area contributed by atoms with E-state index >= 15 is 0 Å². The predicted molar refractivity (Wildman–Crippen MR) is 138 cm³/mol. The average molecular weight is 591 g/mol. The summed E-state index contributed by atoms with van der Waals surface area (Å²) in [5.41, 5.74) is 0.528. The number of fused-ring (bicyclic) bond motifs is 3. The molecule has 3 heterocycles. The number of nitrogens with one attached hydrogen (secondary N) is 3. The SMILES string of the molecule is CS(=O)(=O)/C(F)=C\[C@@H](C[C@H]1CCNC1=O)NC(=O)[C@@H]1[C@H]2CC[C@H](CC2(F)F)N1C(=O)CNc1cccc(Cl)c1. The Morgan fingerprint density at radius 1 is 1.28 bits per heavy atom. The van der Waals surface area contributed by atoms with Crippen molar-refractivity contribution in [2.75, 3.05) is 24.7 Å². The van der Waals surface area contributed by atoms with Crippen molar-refractivity contribution in [3.05, 3.63) is 40.5 Å². The number of nitrogens with zero attached hydrogens (tertiary/aromatic N) is 1. The summed E-state index contributed by atoms with van der Waals surface area (Å²) in [5.74, 6) is -7.20. The normalized spacial score (nSPS) is 27.2. The molecule has 3 amide bonds. The molecule has 39 heavy (non-hydrogen) atoms. The highest BCUT2D eigenvalue weighted by Gasteiger charge is 2.60. The maximum Gasteiger partial charge on any atom is 0.255 e. The van der Waals surface area contributed by atoms with Gasteiger partial charge in [0.1, 0.15) is 6.04 Å². The summed E-state index contributed by atoms with van der Waals surface area (Å²) in [6.45, 7) is 0.0795. The van der Waals surface area contributed by atoms with Gasteiger partial charge in [0.15, 0.2) is 0 Å². The Hall–Kier alpha value is -2.80. The second-order valence-electron chi connectivity index (χ2n) is 10.3. The molecule has 0 radical (unpaired) electrons. The minimum Gasteiger partial charge on any atom is -0.376 e. The van der Waals surface area contributed by atoms with Crippen molar-refractivity contribution in [2.45, 2.75) is 56.2 Å². The molecule has 214 valence electrons. The van der Waals surface area contributed by atoms with Crippen molar-refractivity contribution in [2.24, 2.45) is 11.8 Å². The molecule has 1 aromatic carbocycles. The van der Waals surface area contributed by atoms with Crippen molar-refractivity contribution in [1.29, 1.82) is 0 Å². The van der Waals surface area contributed by atoms with Crippen LogP contribution in [0.1, 0.15) is 32.1 Å². The molecular formula is C25H30ClF3N4O5S. The predicted octanol–water partition coefficient (Wildman–Crippen LogP) is 2.63. The van der Waals surface area contributed by atoms with Gasteiger partial charge in [0.2, 0.25) is 32.7 Å². The van der Waals surface area contributed by atoms with Gasteiger partial charge in [-0.2, -0.15) is 4.39 Å². The van der Waals surface area contributed by atoms with E-state index in [1.807, 2.05) is 0 Å². The summed E-state index contributed by atoms with van der Waals surface area (Å²) in [6.07, 6.45) is 1.27. The number of rotatable bonds is 9. The van der Waals surface area contributed by atoms with E-state index in [-0.39, 0.29) is 25.3 Å². The lowest BCUT2D eigenvalue weighted by Gasteiger charge is -2.53. The molecule has 1 aliphatic carbocycles. The van der Waals surface area contributed by atoms with Crippen molar-refractivity contribution in [3.63, 3.8) is 0 Å². The van der Waals surface area contributed by atoms with Gasteiger partial charge in [-0.3, -0.25) is 14.4 Å². The van der Waals surface area contributed by atoms with E-state index in [4.69, 9.17) is 11.6 Å². The zero-order chi connectivity index (χ0) is 28.5. The number of halogens is 4. The second-order valence-corrected chi connectivity index (χ2v) is 12.7. The average Bonchev–Trinajstić information content (AvgIpc) is 3.25. The van der Waals surface area contributed by atoms with E-state index in [0.29, 0.717) is 42.4 Å². The maximum absolute atomic E-state index is 15.0. The van der Waals surface area contributed by atoms with Crippen molar-refractivity contribution in [3.8, 4) is 0 Å². The lowest BCUT2D eigenvalue weighted by molar-refractivity contribution is -0.193. The van der Waals surface area contributed by atoms with Crippen LogP contribution in [0.4, 0.5) is 18.9 Å². The number of benzene rings is 1. The van der Waals surface area contributed by atoms with Crippen molar-refractivity contribution in [1.82, 2.24) is 15.5 Å². The Bertz CT molecular complexity index is 1280. The molecule has 3 aliphatic heterocycles. The van der Waals surface area contributed by atoms with E-state index in [1.165, 1.54) is 0 Å². The fraction of sp³-hybridized carbons (Fsp3) is 0.560. The van der Waals surface area contributed by atoms with E-state index in [2.05, 4.69) is 16.0 Å². The molecule has 4 aliphatic rings. The third kappa shape index (κ3) is 6.68. The van der Waals surface area contributed by atoms with Gasteiger partial charge < -0.3 is 20.9 Å². The number of carbonyl (C=O) groups is 3. The molecule has 14 heteroatoms. The first-order chi connectivity index (χ1) is 18.3. The van der Waals surface area contributed by atoms with E-state index in [9.17, 15) is 36.0 Å². The first-order valence-electron chi connectivity index (χ1n) is 12.6. The number of alkyl halides is 2. The summed E-state index contributed by atoms with van der Waals surface area (Å²) in [4.78, 5) is 40.1. The molecule has 4 fully saturated rings. The van der Waals surface area contributed by atoms with Gasteiger partial charge in [0, 0.05) is 41.9 Å². The van der Waals surface area contributed by atoms with Gasteiger partial charge in [-0.1, -0.05) is 17.7 Å². The number of anilines is 1. The summed E-state index contributed by atoms with van der Waals surface area (Å²) >= 11 is 5.97. The minimum atomic E-state index is -4.25. The highest BCUT2D eigenvalue weighted by molar-refractivity contribution is 7.94. The van der Waals surface area contributed by atoms with E-state index in [1.54, 1.807) is 24.3 Å². The summed E-state index contributed by atoms with van der Waals surface area (Å²) in [5, 5.41) is 6.88. The molecule has 9 nitrogen and oxygen atoms in total. The van der Waals surface area contributed by atoms with Crippen LogP contribution in [0.25, 0.3) is 0 Å². The monoisotopic (exact) mass is 590 g/mol. The molecular weight excluding hydrogens is 561 g/mol. The maximum atomic E-state index is 15.0. The van der Waals surface area contributed by atoms with Gasteiger partial charge in [-0.05, 0) is 50.0 Å². The van der Waals surface area contributed by atoms with Crippen LogP contribution in [0, 0.1) is 11.8 Å². The number of hydrogen-bond acceptors (Lipinski definition) is 6. The molecule has 0 spiro atoms. The molecule has 0 unspecified atom stereocenters. The Balaban J connectivity index is 1.58. The van der Waals surface area contributed by atoms with Crippen LogP contribution >= 0.6 is 11.6 Å². The van der Waals surface area contributed by atoms with Crippen LogP contribution in [0.2, 0.25) is 5.02 Å². The zero-order valence-corrected chi connectivity index (χ0v) is 22.7. The zero-order valence-electron chi connectivity index (χ0n) is 21.1. The molecule has 5 rings (SSSR count). The van der Waals surface area contributed by atoms with Gasteiger partial charge in [-0.25, -0.2) is 17.2 Å². The third-order valence-corrected chi connectivity index (χ3v) is 8.56. The Labute approximate surface area is 229 Å². The van der Waals surface area contributed by atoms with Crippen LogP contribution in [-0.4, -0.2) is 74.4 Å². The van der Waals surface area contributed by atoms with E-state index in [0.717, 1.165) is 4.90 Å². The quantitative estimate of drug-likeness (QED) is 0.406. The second kappa shape index (κ2) is 11.4. The molecule has 1 saturated carbocycles. The van der Waals surface area contributed by atoms with Crippen LogP contribution < -0.4 is 16.0 Å². The van der Waals surface area contributed by atoms with Crippen LogP contribution in [-0.2, 0) is 24.2 Å². The molecule has 0 aromatic heterocycles. The largest absolute Gasteiger partial charge is 0.376 e. The minimum absolute atomic E-state index is 0.00446.